The number of unbranched alkanes of at least 4 members (excludes halogenated alkanes) is 1. The summed E-state index contributed by atoms with van der Waals surface area (Å²) >= 11 is 0. The maximum absolute atomic E-state index is 3.97. The van der Waals surface area contributed by atoms with E-state index in [1.54, 1.807) is 0 Å². The molecule has 0 aliphatic carbocycles. The van der Waals surface area contributed by atoms with Gasteiger partial charge < -0.3 is 0 Å². The second-order valence-electron chi connectivity index (χ2n) is 3.53. The van der Waals surface area contributed by atoms with Crippen LogP contribution in [0, 0.1) is 18.8 Å². The third-order valence-electron chi connectivity index (χ3n) is 1.69. The Morgan fingerprint density at radius 2 is 2.00 bits per heavy atom. The van der Waals surface area contributed by atoms with E-state index in [-0.39, 0.29) is 0 Å². The van der Waals surface area contributed by atoms with Gasteiger partial charge in [0.2, 0.25) is 0 Å². The van der Waals surface area contributed by atoms with Gasteiger partial charge in [-0.05, 0) is 24.7 Å². The van der Waals surface area contributed by atoms with Crippen molar-refractivity contribution in [2.75, 3.05) is 0 Å². The van der Waals surface area contributed by atoms with Gasteiger partial charge in [-0.2, -0.15) is 0 Å². The van der Waals surface area contributed by atoms with Crippen LogP contribution in [-0.2, 0) is 0 Å². The molecule has 2 unspecified atom stereocenters. The molecule has 0 bridgehead atoms. The van der Waals surface area contributed by atoms with Crippen molar-refractivity contribution in [1.29, 1.82) is 0 Å². The van der Waals surface area contributed by atoms with Gasteiger partial charge in [-0.3, -0.25) is 0 Å². The van der Waals surface area contributed by atoms with Crippen LogP contribution in [0.3, 0.4) is 0 Å². The lowest BCUT2D eigenvalue weighted by Crippen LogP contribution is -1.96. The Labute approximate surface area is 71.7 Å². The Bertz CT molecular complexity index is 101. The summed E-state index contributed by atoms with van der Waals surface area (Å²) in [5.41, 5.74) is 0. The van der Waals surface area contributed by atoms with Crippen LogP contribution in [0.5, 0.6) is 0 Å². The lowest BCUT2D eigenvalue weighted by atomic mass is 9.98. The van der Waals surface area contributed by atoms with E-state index in [1.165, 1.54) is 19.3 Å². The second-order valence-corrected chi connectivity index (χ2v) is 3.53. The van der Waals surface area contributed by atoms with Crippen molar-refractivity contribution >= 4 is 0 Å². The highest BCUT2D eigenvalue weighted by atomic mass is 14.0. The minimum absolute atomic E-state index is 0.580. The van der Waals surface area contributed by atoms with Gasteiger partial charge in [0.1, 0.15) is 0 Å². The van der Waals surface area contributed by atoms with Gasteiger partial charge in [-0.1, -0.05) is 46.3 Å². The fraction of sp³-hybridized carbons (Fsp3) is 0.727. The van der Waals surface area contributed by atoms with Crippen LogP contribution < -0.4 is 0 Å². The standard InChI is InChI=1S/C11H21/c1-5-6-7-8-11(4)9-10(2)3/h7-8,10-11H,2,5-6,9H2,1,3-4H3/b8-7+. The molecule has 0 aliphatic heterocycles. The van der Waals surface area contributed by atoms with E-state index < -0.39 is 0 Å². The molecule has 0 fully saturated rings. The summed E-state index contributed by atoms with van der Waals surface area (Å²) < 4.78 is 0. The Morgan fingerprint density at radius 1 is 1.36 bits per heavy atom. The van der Waals surface area contributed by atoms with Crippen molar-refractivity contribution in [3.8, 4) is 0 Å². The van der Waals surface area contributed by atoms with Crippen molar-refractivity contribution in [3.63, 3.8) is 0 Å². The highest BCUT2D eigenvalue weighted by Crippen LogP contribution is 2.11. The van der Waals surface area contributed by atoms with E-state index in [1.807, 2.05) is 0 Å². The predicted octanol–water partition coefficient (Wildman–Crippen LogP) is 3.84. The van der Waals surface area contributed by atoms with Crippen molar-refractivity contribution in [2.45, 2.75) is 40.0 Å². The molecule has 0 nitrogen and oxygen atoms in total. The van der Waals surface area contributed by atoms with Gasteiger partial charge in [-0.25, -0.2) is 0 Å². The van der Waals surface area contributed by atoms with Crippen molar-refractivity contribution < 1.29 is 0 Å². The monoisotopic (exact) mass is 153 g/mol. The Balaban J connectivity index is 3.42. The lowest BCUT2D eigenvalue weighted by Gasteiger charge is -2.08. The quantitative estimate of drug-likeness (QED) is 0.526. The molecule has 1 radical (unpaired) electrons. The van der Waals surface area contributed by atoms with E-state index in [0.29, 0.717) is 11.8 Å². The zero-order chi connectivity index (χ0) is 8.69. The summed E-state index contributed by atoms with van der Waals surface area (Å²) in [6, 6.07) is 0. The van der Waals surface area contributed by atoms with Crippen LogP contribution in [-0.4, -0.2) is 0 Å². The molecule has 0 heteroatoms. The molecule has 0 amide bonds. The topological polar surface area (TPSA) is 0 Å². The third-order valence-corrected chi connectivity index (χ3v) is 1.69. The fourth-order valence-corrected chi connectivity index (χ4v) is 1.21. The molecule has 0 heterocycles. The second kappa shape index (κ2) is 6.45. The minimum Gasteiger partial charge on any atom is -0.0883 e. The molecule has 11 heavy (non-hydrogen) atoms. The molecule has 0 rings (SSSR count). The first-order valence-electron chi connectivity index (χ1n) is 4.66. The highest BCUT2D eigenvalue weighted by molar-refractivity contribution is 4.86. The minimum atomic E-state index is 0.580. The largest absolute Gasteiger partial charge is 0.0883 e. The van der Waals surface area contributed by atoms with Gasteiger partial charge in [0.25, 0.3) is 0 Å². The van der Waals surface area contributed by atoms with Gasteiger partial charge in [-0.15, -0.1) is 0 Å². The molecule has 0 spiro atoms. The van der Waals surface area contributed by atoms with E-state index in [2.05, 4.69) is 39.8 Å². The first-order valence-corrected chi connectivity index (χ1v) is 4.66. The lowest BCUT2D eigenvalue weighted by molar-refractivity contribution is 0.540. The molecule has 2 atom stereocenters. The summed E-state index contributed by atoms with van der Waals surface area (Å²) in [5.74, 6) is 1.28. The van der Waals surface area contributed by atoms with E-state index in [9.17, 15) is 0 Å². The average molecular weight is 153 g/mol. The van der Waals surface area contributed by atoms with Crippen molar-refractivity contribution in [1.82, 2.24) is 0 Å². The summed E-state index contributed by atoms with van der Waals surface area (Å²) in [5, 5.41) is 0. The molecule has 0 N–H and O–H groups in total. The Morgan fingerprint density at radius 3 is 2.45 bits per heavy atom. The number of hydrogen-bond acceptors (Lipinski definition) is 0. The van der Waals surface area contributed by atoms with Crippen molar-refractivity contribution in [3.05, 3.63) is 19.1 Å². The molecule has 0 saturated carbocycles. The van der Waals surface area contributed by atoms with Crippen LogP contribution in [0.1, 0.15) is 40.0 Å². The van der Waals surface area contributed by atoms with E-state index in [0.717, 1.165) is 0 Å². The maximum atomic E-state index is 3.97. The first-order chi connectivity index (χ1) is 5.16. The zero-order valence-corrected chi connectivity index (χ0v) is 8.14. The summed E-state index contributed by atoms with van der Waals surface area (Å²) in [6.45, 7) is 10.6. The molecule has 0 aliphatic rings. The van der Waals surface area contributed by atoms with Gasteiger partial charge >= 0.3 is 0 Å². The molecular weight excluding hydrogens is 132 g/mol. The first kappa shape index (κ1) is 10.7. The maximum Gasteiger partial charge on any atom is -0.0259 e. The normalized spacial score (nSPS) is 14.6. The van der Waals surface area contributed by atoms with Crippen LogP contribution in [0.15, 0.2) is 12.2 Å². The van der Waals surface area contributed by atoms with Crippen LogP contribution in [0.4, 0.5) is 0 Å². The third kappa shape index (κ3) is 7.64. The molecule has 0 aromatic heterocycles. The molecule has 65 valence electrons. The summed E-state index contributed by atoms with van der Waals surface area (Å²) in [6.07, 6.45) is 8.28. The van der Waals surface area contributed by atoms with Crippen molar-refractivity contribution in [2.24, 2.45) is 11.8 Å². The SMILES string of the molecule is [CH2]C(C)CC(C)/C=C/CCC. The Kier molecular flexibility index (Phi) is 6.30. The van der Waals surface area contributed by atoms with Gasteiger partial charge in [0.05, 0.1) is 0 Å². The molecule has 0 aromatic rings. The predicted molar refractivity (Wildman–Crippen MR) is 52.4 cm³/mol. The smallest absolute Gasteiger partial charge is 0.0259 e. The summed E-state index contributed by atoms with van der Waals surface area (Å²) in [7, 11) is 0. The van der Waals surface area contributed by atoms with E-state index >= 15 is 0 Å². The molecule has 0 aromatic carbocycles. The van der Waals surface area contributed by atoms with Crippen LogP contribution in [0.2, 0.25) is 0 Å². The fourth-order valence-electron chi connectivity index (χ4n) is 1.21. The summed E-state index contributed by atoms with van der Waals surface area (Å²) in [4.78, 5) is 0. The Hall–Kier alpha value is -0.260. The average Bonchev–Trinajstić information content (AvgIpc) is 1.86. The van der Waals surface area contributed by atoms with Gasteiger partial charge in [0, 0.05) is 0 Å². The van der Waals surface area contributed by atoms with Gasteiger partial charge in [0.15, 0.2) is 0 Å². The zero-order valence-electron chi connectivity index (χ0n) is 8.14. The van der Waals surface area contributed by atoms with Crippen LogP contribution in [0.25, 0.3) is 0 Å². The highest BCUT2D eigenvalue weighted by Gasteiger charge is 1.99. The van der Waals surface area contributed by atoms with E-state index in [4.69, 9.17) is 0 Å². The number of rotatable bonds is 5. The number of hydrogen-bond donors (Lipinski definition) is 0. The number of allylic oxidation sites excluding steroid dienone is 2. The van der Waals surface area contributed by atoms with Crippen LogP contribution >= 0.6 is 0 Å². The molecule has 0 saturated heterocycles. The molecular formula is C11H21.